The van der Waals surface area contributed by atoms with Gasteiger partial charge in [0.25, 0.3) is 0 Å². The van der Waals surface area contributed by atoms with Crippen molar-refractivity contribution in [3.63, 3.8) is 0 Å². The van der Waals surface area contributed by atoms with Gasteiger partial charge in [0.15, 0.2) is 0 Å². The number of benzene rings is 1. The van der Waals surface area contributed by atoms with Crippen molar-refractivity contribution in [2.75, 3.05) is 13.1 Å². The Hall–Kier alpha value is -2.18. The van der Waals surface area contributed by atoms with Gasteiger partial charge in [0.1, 0.15) is 11.6 Å². The van der Waals surface area contributed by atoms with E-state index in [1.54, 1.807) is 4.90 Å². The van der Waals surface area contributed by atoms with E-state index in [1.165, 1.54) is 12.1 Å². The van der Waals surface area contributed by atoms with Crippen LogP contribution in [-0.2, 0) is 11.3 Å². The van der Waals surface area contributed by atoms with Crippen LogP contribution in [0.5, 0.6) is 0 Å². The van der Waals surface area contributed by atoms with Gasteiger partial charge in [-0.15, -0.1) is 0 Å². The summed E-state index contributed by atoms with van der Waals surface area (Å²) < 4.78 is 26.1. The second kappa shape index (κ2) is 7.20. The average molecular weight is 311 g/mol. The zero-order valence-corrected chi connectivity index (χ0v) is 12.1. The number of amides is 3. The van der Waals surface area contributed by atoms with Crippen molar-refractivity contribution in [3.05, 3.63) is 35.4 Å². The fraction of sp³-hybridized carbons (Fsp3) is 0.467. The number of nitrogens with two attached hydrogens (primary N) is 1. The maximum atomic E-state index is 13.1. The van der Waals surface area contributed by atoms with Crippen LogP contribution in [0.2, 0.25) is 0 Å². The summed E-state index contributed by atoms with van der Waals surface area (Å²) in [5.41, 5.74) is 5.53. The molecule has 22 heavy (non-hydrogen) atoms. The molecule has 1 saturated heterocycles. The van der Waals surface area contributed by atoms with Crippen LogP contribution in [0.1, 0.15) is 24.8 Å². The number of hydrogen-bond acceptors (Lipinski definition) is 2. The van der Waals surface area contributed by atoms with Crippen LogP contribution < -0.4 is 11.1 Å². The first-order valence-corrected chi connectivity index (χ1v) is 7.20. The van der Waals surface area contributed by atoms with Crippen LogP contribution in [0.15, 0.2) is 18.2 Å². The van der Waals surface area contributed by atoms with Crippen LogP contribution in [-0.4, -0.2) is 29.9 Å². The summed E-state index contributed by atoms with van der Waals surface area (Å²) >= 11 is 0. The molecule has 5 nitrogen and oxygen atoms in total. The predicted molar refractivity (Wildman–Crippen MR) is 76.7 cm³/mol. The monoisotopic (exact) mass is 311 g/mol. The average Bonchev–Trinajstić information content (AvgIpc) is 2.44. The van der Waals surface area contributed by atoms with E-state index in [1.807, 2.05) is 0 Å². The quantitative estimate of drug-likeness (QED) is 0.889. The van der Waals surface area contributed by atoms with E-state index in [2.05, 4.69) is 5.32 Å². The minimum Gasteiger partial charge on any atom is -0.370 e. The van der Waals surface area contributed by atoms with Crippen LogP contribution in [0.3, 0.4) is 0 Å². The molecular weight excluding hydrogens is 292 g/mol. The molecule has 0 aliphatic carbocycles. The van der Waals surface area contributed by atoms with Crippen LogP contribution in [0.4, 0.5) is 13.6 Å². The highest BCUT2D eigenvalue weighted by atomic mass is 19.1. The summed E-state index contributed by atoms with van der Waals surface area (Å²) in [6.07, 6.45) is 1.80. The highest BCUT2D eigenvalue weighted by molar-refractivity contribution is 5.75. The van der Waals surface area contributed by atoms with E-state index in [9.17, 15) is 18.4 Å². The first-order valence-electron chi connectivity index (χ1n) is 7.20. The number of primary amides is 1. The second-order valence-electron chi connectivity index (χ2n) is 5.54. The summed E-state index contributed by atoms with van der Waals surface area (Å²) in [5, 5.41) is 2.64. The molecule has 1 aliphatic heterocycles. The van der Waals surface area contributed by atoms with Gasteiger partial charge in [0.05, 0.1) is 0 Å². The summed E-state index contributed by atoms with van der Waals surface area (Å²) in [6.45, 7) is 1.15. The summed E-state index contributed by atoms with van der Waals surface area (Å²) in [4.78, 5) is 24.5. The molecule has 7 heteroatoms. The summed E-state index contributed by atoms with van der Waals surface area (Å²) in [7, 11) is 0. The molecule has 1 aromatic carbocycles. The molecule has 0 saturated carbocycles. The van der Waals surface area contributed by atoms with E-state index >= 15 is 0 Å². The SMILES string of the molecule is NC(=O)CC1CCN(C(=O)NCc2cc(F)cc(F)c2)CC1. The molecule has 0 spiro atoms. The molecule has 0 atom stereocenters. The molecule has 0 bridgehead atoms. The number of halogens is 2. The van der Waals surface area contributed by atoms with Gasteiger partial charge in [-0.2, -0.15) is 0 Å². The van der Waals surface area contributed by atoms with Crippen LogP contribution >= 0.6 is 0 Å². The van der Waals surface area contributed by atoms with Gasteiger partial charge >= 0.3 is 6.03 Å². The summed E-state index contributed by atoms with van der Waals surface area (Å²) in [5.74, 6) is -1.44. The highest BCUT2D eigenvalue weighted by Gasteiger charge is 2.23. The molecule has 3 amide bonds. The molecule has 1 heterocycles. The van der Waals surface area contributed by atoms with E-state index < -0.39 is 11.6 Å². The van der Waals surface area contributed by atoms with Gasteiger partial charge < -0.3 is 16.0 Å². The third-order valence-electron chi connectivity index (χ3n) is 3.76. The van der Waals surface area contributed by atoms with Crippen molar-refractivity contribution in [1.82, 2.24) is 10.2 Å². The molecule has 1 aliphatic rings. The zero-order valence-electron chi connectivity index (χ0n) is 12.1. The number of urea groups is 1. The van der Waals surface area contributed by atoms with Gasteiger partial charge in [-0.1, -0.05) is 0 Å². The molecule has 3 N–H and O–H groups in total. The lowest BCUT2D eigenvalue weighted by molar-refractivity contribution is -0.119. The molecule has 120 valence electrons. The number of rotatable bonds is 4. The van der Waals surface area contributed by atoms with E-state index in [0.717, 1.165) is 18.9 Å². The molecule has 2 rings (SSSR count). The van der Waals surface area contributed by atoms with Crippen molar-refractivity contribution in [1.29, 1.82) is 0 Å². The molecular formula is C15H19F2N3O2. The Bertz CT molecular complexity index is 537. The van der Waals surface area contributed by atoms with Crippen molar-refractivity contribution >= 4 is 11.9 Å². The van der Waals surface area contributed by atoms with Crippen molar-refractivity contribution in [3.8, 4) is 0 Å². The zero-order chi connectivity index (χ0) is 16.1. The lowest BCUT2D eigenvalue weighted by Crippen LogP contribution is -2.44. The molecule has 0 aromatic heterocycles. The van der Waals surface area contributed by atoms with Gasteiger partial charge in [-0.3, -0.25) is 4.79 Å². The lowest BCUT2D eigenvalue weighted by Gasteiger charge is -2.31. The van der Waals surface area contributed by atoms with Gasteiger partial charge in [-0.25, -0.2) is 13.6 Å². The van der Waals surface area contributed by atoms with E-state index in [0.29, 0.717) is 25.1 Å². The minimum atomic E-state index is -0.670. The lowest BCUT2D eigenvalue weighted by atomic mass is 9.93. The topological polar surface area (TPSA) is 75.4 Å². The first-order chi connectivity index (χ1) is 10.4. The number of carbonyl (C=O) groups is 2. The Morgan fingerprint density at radius 3 is 2.32 bits per heavy atom. The Morgan fingerprint density at radius 1 is 1.18 bits per heavy atom. The smallest absolute Gasteiger partial charge is 0.317 e. The van der Waals surface area contributed by atoms with Crippen molar-refractivity contribution in [2.45, 2.75) is 25.8 Å². The van der Waals surface area contributed by atoms with E-state index in [-0.39, 0.29) is 24.4 Å². The fourth-order valence-electron chi connectivity index (χ4n) is 2.63. The highest BCUT2D eigenvalue weighted by Crippen LogP contribution is 2.20. The Morgan fingerprint density at radius 2 is 1.77 bits per heavy atom. The third kappa shape index (κ3) is 4.68. The summed E-state index contributed by atoms with van der Waals surface area (Å²) in [6, 6.07) is 2.88. The van der Waals surface area contributed by atoms with Crippen LogP contribution in [0, 0.1) is 17.6 Å². The van der Waals surface area contributed by atoms with Gasteiger partial charge in [0, 0.05) is 32.1 Å². The number of hydrogen-bond donors (Lipinski definition) is 2. The van der Waals surface area contributed by atoms with Gasteiger partial charge in [-0.05, 0) is 36.5 Å². The van der Waals surface area contributed by atoms with E-state index in [4.69, 9.17) is 5.73 Å². The molecule has 1 aromatic rings. The maximum absolute atomic E-state index is 13.1. The number of likely N-dealkylation sites (tertiary alicyclic amines) is 1. The minimum absolute atomic E-state index is 0.0642. The normalized spacial score (nSPS) is 15.6. The number of nitrogens with one attached hydrogen (secondary N) is 1. The van der Waals surface area contributed by atoms with Gasteiger partial charge in [0.2, 0.25) is 5.91 Å². The first kappa shape index (κ1) is 16.2. The molecule has 0 radical (unpaired) electrons. The Kier molecular flexibility index (Phi) is 5.30. The number of piperidine rings is 1. The second-order valence-corrected chi connectivity index (χ2v) is 5.54. The predicted octanol–water partition coefficient (Wildman–Crippen LogP) is 1.76. The Balaban J connectivity index is 1.80. The third-order valence-corrected chi connectivity index (χ3v) is 3.76. The molecule has 1 fully saturated rings. The van der Waals surface area contributed by atoms with Crippen LogP contribution in [0.25, 0.3) is 0 Å². The maximum Gasteiger partial charge on any atom is 0.317 e. The Labute approximate surface area is 127 Å². The number of nitrogens with zero attached hydrogens (tertiary/aromatic N) is 1. The number of carbonyl (C=O) groups excluding carboxylic acids is 2. The van der Waals surface area contributed by atoms with Crippen molar-refractivity contribution in [2.24, 2.45) is 11.7 Å². The standard InChI is InChI=1S/C15H19F2N3O2/c16-12-5-11(6-13(17)8-12)9-19-15(22)20-3-1-10(2-4-20)7-14(18)21/h5-6,8,10H,1-4,7,9H2,(H2,18,21)(H,19,22). The largest absolute Gasteiger partial charge is 0.370 e. The van der Waals surface area contributed by atoms with Crippen molar-refractivity contribution < 1.29 is 18.4 Å². The fourth-order valence-corrected chi connectivity index (χ4v) is 2.63. The molecule has 0 unspecified atom stereocenters.